The molecule has 1 aromatic rings. The first kappa shape index (κ1) is 19.2. The van der Waals surface area contributed by atoms with Crippen LogP contribution in [0.5, 0.6) is 11.5 Å². The Morgan fingerprint density at radius 1 is 1.18 bits per heavy atom. The largest absolute Gasteiger partial charge is 0.490 e. The minimum absolute atomic E-state index is 0.133. The Morgan fingerprint density at radius 2 is 1.86 bits per heavy atom. The van der Waals surface area contributed by atoms with Gasteiger partial charge in [0.15, 0.2) is 5.75 Å². The molecule has 0 saturated carbocycles. The second kappa shape index (κ2) is 10.8. The molecule has 0 aliphatic heterocycles. The van der Waals surface area contributed by atoms with Crippen LogP contribution in [0.2, 0.25) is 10.0 Å². The molecular weight excluding hydrogens is 372 g/mol. The Balaban J connectivity index is 2.54. The molecule has 0 N–H and O–H groups in total. The fourth-order valence-electron chi connectivity index (χ4n) is 1.43. The van der Waals surface area contributed by atoms with Gasteiger partial charge in [0, 0.05) is 18.3 Å². The predicted molar refractivity (Wildman–Crippen MR) is 92.0 cm³/mol. The first-order chi connectivity index (χ1) is 10.5. The highest BCUT2D eigenvalue weighted by molar-refractivity contribution is 6.55. The van der Waals surface area contributed by atoms with Gasteiger partial charge in [0.2, 0.25) is 0 Å². The number of hydrogen-bond donors (Lipinski definition) is 0. The van der Waals surface area contributed by atoms with Gasteiger partial charge < -0.3 is 14.3 Å². The third-order valence-corrected chi connectivity index (χ3v) is 3.23. The molecule has 0 heterocycles. The zero-order valence-corrected chi connectivity index (χ0v) is 14.8. The normalized spacial score (nSPS) is 10.6. The summed E-state index contributed by atoms with van der Waals surface area (Å²) in [7, 11) is 1.49. The summed E-state index contributed by atoms with van der Waals surface area (Å²) >= 11 is 23.3. The van der Waals surface area contributed by atoms with E-state index in [1.54, 1.807) is 18.3 Å². The second-order valence-electron chi connectivity index (χ2n) is 3.98. The summed E-state index contributed by atoms with van der Waals surface area (Å²) in [5.74, 6) is 0.922. The van der Waals surface area contributed by atoms with Crippen LogP contribution in [0, 0.1) is 0 Å². The Bertz CT molecular complexity index is 508. The molecule has 0 saturated heterocycles. The molecule has 0 unspecified atom stereocenters. The lowest BCUT2D eigenvalue weighted by molar-refractivity contribution is 0.214. The highest BCUT2D eigenvalue weighted by atomic mass is 35.5. The first-order valence-corrected chi connectivity index (χ1v) is 7.86. The monoisotopic (exact) mass is 385 g/mol. The number of benzene rings is 1. The summed E-state index contributed by atoms with van der Waals surface area (Å²) in [6.45, 7) is 0.675. The minimum Gasteiger partial charge on any atom is -0.490 e. The van der Waals surface area contributed by atoms with Crippen molar-refractivity contribution in [2.24, 2.45) is 5.16 Å². The molecule has 0 amide bonds. The van der Waals surface area contributed by atoms with E-state index in [-0.39, 0.29) is 11.1 Å². The van der Waals surface area contributed by atoms with E-state index in [1.807, 2.05) is 0 Å². The third kappa shape index (κ3) is 7.45. The van der Waals surface area contributed by atoms with Crippen LogP contribution in [0.3, 0.4) is 0 Å². The average molecular weight is 387 g/mol. The SMILES string of the molecule is CO/N=C/CCCOc1c(Cl)cc(OCC=C(Cl)Cl)cc1Cl. The van der Waals surface area contributed by atoms with Crippen LogP contribution in [0.15, 0.2) is 27.9 Å². The fourth-order valence-corrected chi connectivity index (χ4v) is 2.14. The molecule has 0 aliphatic carbocycles. The van der Waals surface area contributed by atoms with E-state index in [0.29, 0.717) is 28.2 Å². The molecule has 1 rings (SSSR count). The standard InChI is InChI=1S/C14H15Cl4NO3/c1-20-19-5-2-3-6-22-14-11(15)8-10(9-12(14)16)21-7-4-13(17)18/h4-5,8-9H,2-3,6-7H2,1H3/b19-5+. The summed E-state index contributed by atoms with van der Waals surface area (Å²) in [4.78, 5) is 4.56. The maximum atomic E-state index is 6.14. The van der Waals surface area contributed by atoms with Crippen molar-refractivity contribution < 1.29 is 14.3 Å². The Labute approximate surface area is 149 Å². The van der Waals surface area contributed by atoms with Crippen molar-refractivity contribution >= 4 is 52.6 Å². The number of oxime groups is 1. The maximum absolute atomic E-state index is 6.14. The number of rotatable bonds is 9. The van der Waals surface area contributed by atoms with Gasteiger partial charge in [-0.3, -0.25) is 0 Å². The highest BCUT2D eigenvalue weighted by Crippen LogP contribution is 2.37. The zero-order valence-electron chi connectivity index (χ0n) is 11.8. The second-order valence-corrected chi connectivity index (χ2v) is 5.80. The van der Waals surface area contributed by atoms with E-state index in [9.17, 15) is 0 Å². The first-order valence-electron chi connectivity index (χ1n) is 6.35. The smallest absolute Gasteiger partial charge is 0.156 e. The molecule has 8 heteroatoms. The fraction of sp³-hybridized carbons (Fsp3) is 0.357. The van der Waals surface area contributed by atoms with E-state index in [2.05, 4.69) is 9.99 Å². The average Bonchev–Trinajstić information content (AvgIpc) is 2.44. The van der Waals surface area contributed by atoms with Crippen molar-refractivity contribution in [1.82, 2.24) is 0 Å². The molecule has 22 heavy (non-hydrogen) atoms. The molecule has 0 aliphatic rings. The number of unbranched alkanes of at least 4 members (excludes halogenated alkanes) is 1. The zero-order chi connectivity index (χ0) is 16.4. The molecule has 122 valence electrons. The molecule has 0 fully saturated rings. The van der Waals surface area contributed by atoms with Crippen LogP contribution in [0.4, 0.5) is 0 Å². The van der Waals surface area contributed by atoms with Crippen LogP contribution in [-0.2, 0) is 4.84 Å². The van der Waals surface area contributed by atoms with Crippen molar-refractivity contribution in [3.8, 4) is 11.5 Å². The van der Waals surface area contributed by atoms with Crippen LogP contribution in [-0.4, -0.2) is 26.5 Å². The molecular formula is C14H15Cl4NO3. The molecule has 0 aromatic heterocycles. The summed E-state index contributed by atoms with van der Waals surface area (Å²) in [6, 6.07) is 3.23. The molecule has 1 aromatic carbocycles. The van der Waals surface area contributed by atoms with Crippen molar-refractivity contribution in [2.75, 3.05) is 20.3 Å². The van der Waals surface area contributed by atoms with E-state index < -0.39 is 0 Å². The number of ether oxygens (including phenoxy) is 2. The lowest BCUT2D eigenvalue weighted by Gasteiger charge is -2.11. The van der Waals surface area contributed by atoms with Gasteiger partial charge in [0.25, 0.3) is 0 Å². The van der Waals surface area contributed by atoms with Gasteiger partial charge in [0.05, 0.1) is 16.7 Å². The van der Waals surface area contributed by atoms with E-state index >= 15 is 0 Å². The summed E-state index contributed by atoms with van der Waals surface area (Å²) in [5, 5.41) is 4.37. The summed E-state index contributed by atoms with van der Waals surface area (Å²) in [5.41, 5.74) is 0. The Hall–Kier alpha value is -0.810. The van der Waals surface area contributed by atoms with Crippen LogP contribution < -0.4 is 9.47 Å². The van der Waals surface area contributed by atoms with Gasteiger partial charge >= 0.3 is 0 Å². The van der Waals surface area contributed by atoms with Gasteiger partial charge in [-0.1, -0.05) is 51.6 Å². The number of halogens is 4. The van der Waals surface area contributed by atoms with Gasteiger partial charge in [-0.25, -0.2) is 0 Å². The topological polar surface area (TPSA) is 40.0 Å². The Kier molecular flexibility index (Phi) is 9.48. The number of nitrogens with zero attached hydrogens (tertiary/aromatic N) is 1. The lowest BCUT2D eigenvalue weighted by Crippen LogP contribution is -2.00. The van der Waals surface area contributed by atoms with Crippen molar-refractivity contribution in [3.05, 3.63) is 32.7 Å². The number of hydrogen-bond acceptors (Lipinski definition) is 4. The molecule has 0 atom stereocenters. The Morgan fingerprint density at radius 3 is 2.45 bits per heavy atom. The van der Waals surface area contributed by atoms with Gasteiger partial charge in [-0.2, -0.15) is 0 Å². The van der Waals surface area contributed by atoms with Gasteiger partial charge in [0.1, 0.15) is 24.0 Å². The molecule has 4 nitrogen and oxygen atoms in total. The highest BCUT2D eigenvalue weighted by Gasteiger charge is 2.10. The van der Waals surface area contributed by atoms with Crippen LogP contribution >= 0.6 is 46.4 Å². The van der Waals surface area contributed by atoms with Gasteiger partial charge in [-0.05, 0) is 18.9 Å². The van der Waals surface area contributed by atoms with Crippen molar-refractivity contribution in [1.29, 1.82) is 0 Å². The summed E-state index contributed by atoms with van der Waals surface area (Å²) in [6.07, 6.45) is 4.67. The van der Waals surface area contributed by atoms with E-state index in [4.69, 9.17) is 55.9 Å². The molecule has 0 radical (unpaired) electrons. The minimum atomic E-state index is 0.133. The lowest BCUT2D eigenvalue weighted by atomic mass is 10.3. The molecule has 0 spiro atoms. The van der Waals surface area contributed by atoms with Crippen LogP contribution in [0.1, 0.15) is 12.8 Å². The third-order valence-electron chi connectivity index (χ3n) is 2.36. The van der Waals surface area contributed by atoms with E-state index in [1.165, 1.54) is 13.2 Å². The summed E-state index contributed by atoms with van der Waals surface area (Å²) < 4.78 is 11.1. The van der Waals surface area contributed by atoms with E-state index in [0.717, 1.165) is 12.8 Å². The molecule has 0 bridgehead atoms. The van der Waals surface area contributed by atoms with Gasteiger partial charge in [-0.15, -0.1) is 0 Å². The van der Waals surface area contributed by atoms with Crippen LogP contribution in [0.25, 0.3) is 0 Å². The quantitative estimate of drug-likeness (QED) is 0.320. The van der Waals surface area contributed by atoms with Crippen molar-refractivity contribution in [3.63, 3.8) is 0 Å². The van der Waals surface area contributed by atoms with Crippen molar-refractivity contribution in [2.45, 2.75) is 12.8 Å². The predicted octanol–water partition coefficient (Wildman–Crippen LogP) is 5.48. The maximum Gasteiger partial charge on any atom is 0.156 e.